The predicted octanol–water partition coefficient (Wildman–Crippen LogP) is 3.04. The number of rotatable bonds is 5. The normalized spacial score (nSPS) is 17.2. The molecule has 6 nitrogen and oxygen atoms in total. The number of hydrogen-bond donors (Lipinski definition) is 1. The van der Waals surface area contributed by atoms with Crippen molar-refractivity contribution in [1.82, 2.24) is 5.32 Å². The zero-order valence-electron chi connectivity index (χ0n) is 16.2. The van der Waals surface area contributed by atoms with Gasteiger partial charge in [0.2, 0.25) is 10.0 Å². The molecule has 0 radical (unpaired) electrons. The third-order valence-electron chi connectivity index (χ3n) is 4.88. The Kier molecular flexibility index (Phi) is 5.34. The second kappa shape index (κ2) is 7.43. The van der Waals surface area contributed by atoms with Crippen LogP contribution >= 0.6 is 0 Å². The lowest BCUT2D eigenvalue weighted by atomic mass is 10.0. The van der Waals surface area contributed by atoms with Gasteiger partial charge < -0.3 is 10.1 Å². The third kappa shape index (κ3) is 3.82. The van der Waals surface area contributed by atoms with E-state index in [2.05, 4.69) is 5.32 Å². The molecular formula is C20H23FN2O4S. The molecule has 2 atom stereocenters. The largest absolute Gasteiger partial charge is 0.494 e. The number of methoxy groups -OCH3 is 1. The molecule has 0 bridgehead atoms. The zero-order valence-corrected chi connectivity index (χ0v) is 17.0. The van der Waals surface area contributed by atoms with Crippen LogP contribution < -0.4 is 14.4 Å². The van der Waals surface area contributed by atoms with Gasteiger partial charge in [0.15, 0.2) is 11.6 Å². The van der Waals surface area contributed by atoms with Crippen LogP contribution in [0.15, 0.2) is 36.4 Å². The number of hydrogen-bond acceptors (Lipinski definition) is 4. The Morgan fingerprint density at radius 2 is 2.00 bits per heavy atom. The minimum absolute atomic E-state index is 0.144. The van der Waals surface area contributed by atoms with Crippen molar-refractivity contribution in [2.24, 2.45) is 0 Å². The average Bonchev–Trinajstić information content (AvgIpc) is 2.96. The Morgan fingerprint density at radius 3 is 2.61 bits per heavy atom. The molecule has 1 aliphatic heterocycles. The van der Waals surface area contributed by atoms with Crippen LogP contribution in [0.4, 0.5) is 10.1 Å². The highest BCUT2D eigenvalue weighted by Gasteiger charge is 2.32. The van der Waals surface area contributed by atoms with Gasteiger partial charge >= 0.3 is 0 Å². The summed E-state index contributed by atoms with van der Waals surface area (Å²) in [5.41, 5.74) is 2.47. The van der Waals surface area contributed by atoms with E-state index in [9.17, 15) is 17.6 Å². The minimum Gasteiger partial charge on any atom is -0.494 e. The molecule has 0 fully saturated rings. The lowest BCUT2D eigenvalue weighted by Crippen LogP contribution is -2.34. The number of benzene rings is 2. The summed E-state index contributed by atoms with van der Waals surface area (Å²) in [4.78, 5) is 12.6. The van der Waals surface area contributed by atoms with Crippen LogP contribution in [0.1, 0.15) is 41.4 Å². The lowest BCUT2D eigenvalue weighted by Gasteiger charge is -2.22. The molecule has 1 heterocycles. The molecule has 0 aliphatic carbocycles. The standard InChI is InChI=1S/C20H23FN2O4S/c1-12-9-16-10-15(5-7-18(16)23(12)28(4,25)26)20(24)22-13(2)14-6-8-19(27-3)17(21)11-14/h5-8,10-13H,9H2,1-4H3,(H,22,24). The van der Waals surface area contributed by atoms with Gasteiger partial charge in [-0.1, -0.05) is 6.07 Å². The number of fused-ring (bicyclic) bond motifs is 1. The van der Waals surface area contributed by atoms with E-state index in [1.165, 1.54) is 29.8 Å². The van der Waals surface area contributed by atoms with Crippen molar-refractivity contribution in [1.29, 1.82) is 0 Å². The monoisotopic (exact) mass is 406 g/mol. The van der Waals surface area contributed by atoms with Crippen LogP contribution in [0.5, 0.6) is 5.75 Å². The van der Waals surface area contributed by atoms with Gasteiger partial charge in [-0.2, -0.15) is 0 Å². The third-order valence-corrected chi connectivity index (χ3v) is 6.15. The molecule has 0 aromatic heterocycles. The van der Waals surface area contributed by atoms with E-state index in [0.29, 0.717) is 23.2 Å². The van der Waals surface area contributed by atoms with Gasteiger partial charge in [-0.25, -0.2) is 12.8 Å². The summed E-state index contributed by atoms with van der Waals surface area (Å²) in [7, 11) is -1.98. The smallest absolute Gasteiger partial charge is 0.251 e. The molecule has 1 amide bonds. The van der Waals surface area contributed by atoms with E-state index in [1.807, 2.05) is 6.92 Å². The van der Waals surface area contributed by atoms with Gasteiger partial charge in [-0.05, 0) is 61.7 Å². The maximum Gasteiger partial charge on any atom is 0.251 e. The highest BCUT2D eigenvalue weighted by molar-refractivity contribution is 7.92. The summed E-state index contributed by atoms with van der Waals surface area (Å²) in [6.07, 6.45) is 1.72. The molecule has 2 unspecified atom stereocenters. The Hall–Kier alpha value is -2.61. The first-order chi connectivity index (χ1) is 13.1. The maximum absolute atomic E-state index is 13.9. The number of carbonyl (C=O) groups excluding carboxylic acids is 1. The Labute approximate surface area is 164 Å². The van der Waals surface area contributed by atoms with E-state index >= 15 is 0 Å². The molecule has 2 aromatic rings. The van der Waals surface area contributed by atoms with Crippen molar-refractivity contribution in [3.63, 3.8) is 0 Å². The van der Waals surface area contributed by atoms with E-state index in [1.54, 1.807) is 31.2 Å². The Bertz CT molecular complexity index is 1020. The number of nitrogens with zero attached hydrogens (tertiary/aromatic N) is 1. The molecular weight excluding hydrogens is 383 g/mol. The summed E-state index contributed by atoms with van der Waals surface area (Å²) in [6.45, 7) is 3.60. The number of carbonyl (C=O) groups is 1. The van der Waals surface area contributed by atoms with E-state index in [4.69, 9.17) is 4.74 Å². The minimum atomic E-state index is -3.38. The fourth-order valence-corrected chi connectivity index (χ4v) is 4.83. The second-order valence-corrected chi connectivity index (χ2v) is 8.90. The van der Waals surface area contributed by atoms with Crippen LogP contribution in [0.25, 0.3) is 0 Å². The first-order valence-corrected chi connectivity index (χ1v) is 10.7. The highest BCUT2D eigenvalue weighted by atomic mass is 32.2. The molecule has 0 saturated heterocycles. The fraction of sp³-hybridized carbons (Fsp3) is 0.350. The first kappa shape index (κ1) is 20.1. The number of ether oxygens (including phenoxy) is 1. The lowest BCUT2D eigenvalue weighted by molar-refractivity contribution is 0.0939. The van der Waals surface area contributed by atoms with Crippen molar-refractivity contribution in [2.45, 2.75) is 32.4 Å². The molecule has 0 saturated carbocycles. The molecule has 2 aromatic carbocycles. The average molecular weight is 406 g/mol. The molecule has 28 heavy (non-hydrogen) atoms. The van der Waals surface area contributed by atoms with Gasteiger partial charge in [0.05, 0.1) is 25.1 Å². The summed E-state index contributed by atoms with van der Waals surface area (Å²) in [6, 6.07) is 8.92. The molecule has 3 rings (SSSR count). The number of halogens is 1. The second-order valence-electron chi connectivity index (χ2n) is 7.04. The highest BCUT2D eigenvalue weighted by Crippen LogP contribution is 2.34. The van der Waals surface area contributed by atoms with E-state index < -0.39 is 21.9 Å². The number of nitrogens with one attached hydrogen (secondary N) is 1. The van der Waals surface area contributed by atoms with Gasteiger partial charge in [-0.3, -0.25) is 9.10 Å². The van der Waals surface area contributed by atoms with Crippen LogP contribution in [0.2, 0.25) is 0 Å². The van der Waals surface area contributed by atoms with Crippen LogP contribution in [-0.2, 0) is 16.4 Å². The SMILES string of the molecule is COc1ccc(C(C)NC(=O)c2ccc3c(c2)CC(C)N3S(C)(=O)=O)cc1F. The van der Waals surface area contributed by atoms with Gasteiger partial charge in [-0.15, -0.1) is 0 Å². The van der Waals surface area contributed by atoms with Crippen LogP contribution in [0.3, 0.4) is 0 Å². The first-order valence-electron chi connectivity index (χ1n) is 8.88. The fourth-order valence-electron chi connectivity index (χ4n) is 3.56. The summed E-state index contributed by atoms with van der Waals surface area (Å²) >= 11 is 0. The zero-order chi connectivity index (χ0) is 20.6. The van der Waals surface area contributed by atoms with Crippen LogP contribution in [0, 0.1) is 5.82 Å². The summed E-state index contributed by atoms with van der Waals surface area (Å²) < 4.78 is 44.2. The summed E-state index contributed by atoms with van der Waals surface area (Å²) in [5, 5.41) is 2.84. The van der Waals surface area contributed by atoms with Gasteiger partial charge in [0.1, 0.15) is 0 Å². The van der Waals surface area contributed by atoms with Gasteiger partial charge in [0.25, 0.3) is 5.91 Å². The number of anilines is 1. The summed E-state index contributed by atoms with van der Waals surface area (Å²) in [5.74, 6) is -0.657. The van der Waals surface area contributed by atoms with Crippen molar-refractivity contribution >= 4 is 21.6 Å². The van der Waals surface area contributed by atoms with Crippen molar-refractivity contribution in [2.75, 3.05) is 17.7 Å². The Morgan fingerprint density at radius 1 is 1.29 bits per heavy atom. The van der Waals surface area contributed by atoms with E-state index in [-0.39, 0.29) is 17.7 Å². The van der Waals surface area contributed by atoms with Crippen molar-refractivity contribution < 1.29 is 22.3 Å². The Balaban J connectivity index is 1.79. The quantitative estimate of drug-likeness (QED) is 0.828. The van der Waals surface area contributed by atoms with Crippen molar-refractivity contribution in [3.05, 3.63) is 58.9 Å². The topological polar surface area (TPSA) is 75.7 Å². The van der Waals surface area contributed by atoms with Crippen molar-refractivity contribution in [3.8, 4) is 5.75 Å². The number of amides is 1. The van der Waals surface area contributed by atoms with Crippen LogP contribution in [-0.4, -0.2) is 33.7 Å². The maximum atomic E-state index is 13.9. The molecule has 8 heteroatoms. The van der Waals surface area contributed by atoms with E-state index in [0.717, 1.165) is 5.56 Å². The molecule has 1 N–H and O–H groups in total. The molecule has 0 spiro atoms. The number of sulfonamides is 1. The molecule has 150 valence electrons. The predicted molar refractivity (Wildman–Crippen MR) is 106 cm³/mol. The molecule has 1 aliphatic rings. The van der Waals surface area contributed by atoms with Gasteiger partial charge in [0, 0.05) is 11.6 Å².